The zero-order valence-electron chi connectivity index (χ0n) is 13.1. The van der Waals surface area contributed by atoms with Gasteiger partial charge in [-0.25, -0.2) is 4.39 Å². The number of aromatic nitrogens is 2. The molecule has 0 aliphatic heterocycles. The SMILES string of the molecule is CCOC(=O)CSc1cc(-n2ncc(C(F)(F)F)cc2=O)c(F)cc1Cl. The number of benzene rings is 1. The summed E-state index contributed by atoms with van der Waals surface area (Å²) in [6.45, 7) is 1.82. The van der Waals surface area contributed by atoms with Crippen molar-refractivity contribution in [2.75, 3.05) is 12.4 Å². The lowest BCUT2D eigenvalue weighted by molar-refractivity contribution is -0.140. The van der Waals surface area contributed by atoms with Crippen LogP contribution in [0, 0.1) is 5.82 Å². The zero-order chi connectivity index (χ0) is 19.5. The monoisotopic (exact) mass is 410 g/mol. The summed E-state index contributed by atoms with van der Waals surface area (Å²) in [5, 5.41) is 3.34. The Balaban J connectivity index is 2.39. The van der Waals surface area contributed by atoms with E-state index in [9.17, 15) is 27.2 Å². The maximum atomic E-state index is 14.1. The quantitative estimate of drug-likeness (QED) is 0.427. The van der Waals surface area contributed by atoms with Gasteiger partial charge in [0.2, 0.25) is 0 Å². The smallest absolute Gasteiger partial charge is 0.418 e. The molecule has 1 aromatic carbocycles. The van der Waals surface area contributed by atoms with Crippen LogP contribution in [0.3, 0.4) is 0 Å². The molecule has 0 spiro atoms. The minimum Gasteiger partial charge on any atom is -0.465 e. The lowest BCUT2D eigenvalue weighted by Crippen LogP contribution is -2.24. The Morgan fingerprint density at radius 3 is 2.62 bits per heavy atom. The molecule has 0 bridgehead atoms. The Morgan fingerprint density at radius 1 is 1.35 bits per heavy atom. The van der Waals surface area contributed by atoms with Crippen LogP contribution in [0.25, 0.3) is 5.69 Å². The number of nitrogens with zero attached hydrogens (tertiary/aromatic N) is 2. The second kappa shape index (κ2) is 8.09. The highest BCUT2D eigenvalue weighted by Gasteiger charge is 2.32. The number of ether oxygens (including phenoxy) is 1. The molecule has 26 heavy (non-hydrogen) atoms. The second-order valence-corrected chi connectivity index (χ2v) is 6.24. The van der Waals surface area contributed by atoms with Gasteiger partial charge in [0.1, 0.15) is 5.69 Å². The second-order valence-electron chi connectivity index (χ2n) is 4.82. The van der Waals surface area contributed by atoms with Crippen LogP contribution < -0.4 is 5.56 Å². The van der Waals surface area contributed by atoms with Crippen molar-refractivity contribution >= 4 is 29.3 Å². The Hall–Kier alpha value is -2.07. The van der Waals surface area contributed by atoms with Gasteiger partial charge in [0.05, 0.1) is 29.1 Å². The molecule has 2 rings (SSSR count). The summed E-state index contributed by atoms with van der Waals surface area (Å²) in [5.74, 6) is -1.59. The van der Waals surface area contributed by atoms with Gasteiger partial charge in [-0.05, 0) is 19.1 Å². The van der Waals surface area contributed by atoms with Crippen LogP contribution in [0.1, 0.15) is 12.5 Å². The highest BCUT2D eigenvalue weighted by molar-refractivity contribution is 8.00. The van der Waals surface area contributed by atoms with Crippen LogP contribution in [-0.2, 0) is 15.7 Å². The van der Waals surface area contributed by atoms with Crippen molar-refractivity contribution in [3.63, 3.8) is 0 Å². The molecule has 0 aliphatic carbocycles. The van der Waals surface area contributed by atoms with Gasteiger partial charge in [-0.3, -0.25) is 9.59 Å². The predicted octanol–water partition coefficient (Wildman–Crippen LogP) is 3.70. The number of thioether (sulfide) groups is 1. The van der Waals surface area contributed by atoms with Crippen LogP contribution in [0.2, 0.25) is 5.02 Å². The molecule has 0 saturated heterocycles. The van der Waals surface area contributed by atoms with Gasteiger partial charge in [0.25, 0.3) is 5.56 Å². The topological polar surface area (TPSA) is 61.2 Å². The first kappa shape index (κ1) is 20.2. The highest BCUT2D eigenvalue weighted by Crippen LogP contribution is 2.31. The van der Waals surface area contributed by atoms with E-state index >= 15 is 0 Å². The molecule has 0 aliphatic rings. The lowest BCUT2D eigenvalue weighted by Gasteiger charge is -2.11. The van der Waals surface area contributed by atoms with Gasteiger partial charge in [0, 0.05) is 11.0 Å². The lowest BCUT2D eigenvalue weighted by atomic mass is 10.3. The number of halogens is 5. The minimum absolute atomic E-state index is 0.0273. The predicted molar refractivity (Wildman–Crippen MR) is 87.2 cm³/mol. The van der Waals surface area contributed by atoms with Gasteiger partial charge < -0.3 is 4.74 Å². The first-order valence-electron chi connectivity index (χ1n) is 7.08. The third-order valence-electron chi connectivity index (χ3n) is 3.01. The standard InChI is InChI=1S/C15H11ClF4N2O3S/c1-2-25-14(24)7-26-12-5-11(10(17)4-9(12)16)22-13(23)3-8(6-21-22)15(18,19)20/h3-6H,2,7H2,1H3. The van der Waals surface area contributed by atoms with Crippen molar-refractivity contribution in [2.45, 2.75) is 18.0 Å². The number of alkyl halides is 3. The maximum Gasteiger partial charge on any atom is 0.418 e. The third kappa shape index (κ3) is 4.76. The summed E-state index contributed by atoms with van der Waals surface area (Å²) >= 11 is 6.83. The molecule has 0 N–H and O–H groups in total. The van der Waals surface area contributed by atoms with E-state index in [-0.39, 0.29) is 28.0 Å². The van der Waals surface area contributed by atoms with Crippen LogP contribution in [-0.4, -0.2) is 28.1 Å². The highest BCUT2D eigenvalue weighted by atomic mass is 35.5. The van der Waals surface area contributed by atoms with E-state index in [0.717, 1.165) is 23.9 Å². The first-order chi connectivity index (χ1) is 12.1. The third-order valence-corrected chi connectivity index (χ3v) is 4.46. The number of carbonyl (C=O) groups is 1. The molecule has 11 heteroatoms. The normalized spacial score (nSPS) is 11.5. The fourth-order valence-corrected chi connectivity index (χ4v) is 2.94. The van der Waals surface area contributed by atoms with Crippen LogP contribution in [0.15, 0.2) is 34.1 Å². The van der Waals surface area contributed by atoms with Crippen LogP contribution in [0.5, 0.6) is 0 Å². The summed E-state index contributed by atoms with van der Waals surface area (Å²) < 4.78 is 57.2. The van der Waals surface area contributed by atoms with Gasteiger partial charge in [-0.15, -0.1) is 11.8 Å². The summed E-state index contributed by atoms with van der Waals surface area (Å²) in [7, 11) is 0. The molecule has 140 valence electrons. The van der Waals surface area contributed by atoms with E-state index in [4.69, 9.17) is 16.3 Å². The number of esters is 1. The molecule has 5 nitrogen and oxygen atoms in total. The molecule has 1 heterocycles. The van der Waals surface area contributed by atoms with Crippen molar-refractivity contribution in [2.24, 2.45) is 0 Å². The zero-order valence-corrected chi connectivity index (χ0v) is 14.7. The van der Waals surface area contributed by atoms with E-state index in [2.05, 4.69) is 5.10 Å². The molecule has 0 radical (unpaired) electrons. The maximum absolute atomic E-state index is 14.1. The average Bonchev–Trinajstić information content (AvgIpc) is 2.54. The average molecular weight is 411 g/mol. The van der Waals surface area contributed by atoms with Gasteiger partial charge >= 0.3 is 12.1 Å². The largest absolute Gasteiger partial charge is 0.465 e. The van der Waals surface area contributed by atoms with Gasteiger partial charge in [0.15, 0.2) is 5.82 Å². The summed E-state index contributed by atoms with van der Waals surface area (Å²) in [4.78, 5) is 23.5. The molecule has 2 aromatic rings. The van der Waals surface area contributed by atoms with E-state index < -0.39 is 29.1 Å². The van der Waals surface area contributed by atoms with Gasteiger partial charge in [-0.1, -0.05) is 11.6 Å². The van der Waals surface area contributed by atoms with Crippen molar-refractivity contribution in [1.82, 2.24) is 9.78 Å². The Morgan fingerprint density at radius 2 is 2.04 bits per heavy atom. The fraction of sp³-hybridized carbons (Fsp3) is 0.267. The van der Waals surface area contributed by atoms with Crippen molar-refractivity contribution in [3.05, 3.63) is 51.2 Å². The summed E-state index contributed by atoms with van der Waals surface area (Å²) in [6.07, 6.45) is -4.33. The molecule has 0 unspecified atom stereocenters. The number of hydrogen-bond donors (Lipinski definition) is 0. The van der Waals surface area contributed by atoms with Crippen LogP contribution >= 0.6 is 23.4 Å². The van der Waals surface area contributed by atoms with Crippen molar-refractivity contribution in [1.29, 1.82) is 0 Å². The van der Waals surface area contributed by atoms with E-state index in [0.29, 0.717) is 16.9 Å². The Labute approximate surface area is 153 Å². The van der Waals surface area contributed by atoms with Gasteiger partial charge in [-0.2, -0.15) is 23.0 Å². The van der Waals surface area contributed by atoms with E-state index in [1.807, 2.05) is 0 Å². The molecule has 0 amide bonds. The van der Waals surface area contributed by atoms with Crippen LogP contribution in [0.4, 0.5) is 17.6 Å². The summed E-state index contributed by atoms with van der Waals surface area (Å²) in [5.41, 5.74) is -2.80. The number of carbonyl (C=O) groups excluding carboxylic acids is 1. The number of rotatable bonds is 5. The minimum atomic E-state index is -4.75. The fourth-order valence-electron chi connectivity index (χ4n) is 1.87. The van der Waals surface area contributed by atoms with Crippen molar-refractivity contribution < 1.29 is 27.1 Å². The molecule has 0 fully saturated rings. The van der Waals surface area contributed by atoms with E-state index in [1.54, 1.807) is 6.92 Å². The Kier molecular flexibility index (Phi) is 6.30. The Bertz CT molecular complexity index is 886. The molecular weight excluding hydrogens is 400 g/mol. The molecule has 1 aromatic heterocycles. The molecular formula is C15H11ClF4N2O3S. The van der Waals surface area contributed by atoms with E-state index in [1.165, 1.54) is 0 Å². The van der Waals surface area contributed by atoms with Crippen molar-refractivity contribution in [3.8, 4) is 5.69 Å². The summed E-state index contributed by atoms with van der Waals surface area (Å²) in [6, 6.07) is 2.33. The molecule has 0 atom stereocenters. The molecule has 0 saturated carbocycles. The first-order valence-corrected chi connectivity index (χ1v) is 8.44. The number of hydrogen-bond acceptors (Lipinski definition) is 5.